The molecule has 28 heavy (non-hydrogen) atoms. The normalized spacial score (nSPS) is 14.6. The third-order valence-electron chi connectivity index (χ3n) is 4.37. The number of hydrogen-bond acceptors (Lipinski definition) is 6. The van der Waals surface area contributed by atoms with Gasteiger partial charge in [-0.15, -0.1) is 16.4 Å². The molecule has 1 saturated carbocycles. The molecule has 144 valence electrons. The van der Waals surface area contributed by atoms with E-state index in [4.69, 9.17) is 5.73 Å². The number of thiophene rings is 1. The van der Waals surface area contributed by atoms with Gasteiger partial charge in [-0.25, -0.2) is 9.67 Å². The molecule has 7 nitrogen and oxygen atoms in total. The highest BCUT2D eigenvalue weighted by molar-refractivity contribution is 8.00. The molecule has 0 aliphatic heterocycles. The number of aromatic nitrogens is 3. The van der Waals surface area contributed by atoms with Gasteiger partial charge in [0.1, 0.15) is 10.8 Å². The van der Waals surface area contributed by atoms with Crippen molar-refractivity contribution >= 4 is 39.9 Å². The van der Waals surface area contributed by atoms with Gasteiger partial charge in [0.15, 0.2) is 0 Å². The minimum atomic E-state index is -0.561. The van der Waals surface area contributed by atoms with E-state index in [0.29, 0.717) is 21.6 Å². The average Bonchev–Trinajstić information content (AvgIpc) is 3.28. The van der Waals surface area contributed by atoms with E-state index in [1.54, 1.807) is 18.4 Å². The molecule has 1 unspecified atom stereocenters. The summed E-state index contributed by atoms with van der Waals surface area (Å²) < 4.78 is 1.87. The van der Waals surface area contributed by atoms with E-state index in [0.717, 1.165) is 24.4 Å². The molecule has 9 heteroatoms. The van der Waals surface area contributed by atoms with Gasteiger partial charge in [-0.3, -0.25) is 9.59 Å². The predicted octanol–water partition coefficient (Wildman–Crippen LogP) is 3.42. The second kappa shape index (κ2) is 7.76. The summed E-state index contributed by atoms with van der Waals surface area (Å²) in [7, 11) is 0. The van der Waals surface area contributed by atoms with Gasteiger partial charge in [-0.1, -0.05) is 30.0 Å². The van der Waals surface area contributed by atoms with Crippen LogP contribution < -0.4 is 11.1 Å². The number of nitrogens with two attached hydrogens (primary N) is 1. The van der Waals surface area contributed by atoms with Crippen molar-refractivity contribution in [3.63, 3.8) is 0 Å². The van der Waals surface area contributed by atoms with E-state index >= 15 is 0 Å². The first kappa shape index (κ1) is 18.7. The molecule has 1 aliphatic rings. The summed E-state index contributed by atoms with van der Waals surface area (Å²) in [5.74, 6) is 0.583. The summed E-state index contributed by atoms with van der Waals surface area (Å²) in [5, 5.41) is 9.72. The van der Waals surface area contributed by atoms with Crippen molar-refractivity contribution in [1.82, 2.24) is 14.8 Å². The first-order valence-corrected chi connectivity index (χ1v) is 10.7. The Hall–Kier alpha value is -2.65. The van der Waals surface area contributed by atoms with Crippen LogP contribution in [0.3, 0.4) is 0 Å². The molecule has 1 fully saturated rings. The molecular weight excluding hydrogens is 394 g/mol. The molecule has 2 heterocycles. The van der Waals surface area contributed by atoms with Crippen LogP contribution in [0.15, 0.2) is 46.9 Å². The molecule has 0 spiro atoms. The lowest BCUT2D eigenvalue weighted by molar-refractivity contribution is -0.115. The fourth-order valence-corrected chi connectivity index (χ4v) is 4.30. The molecule has 4 rings (SSSR count). The number of primary amides is 1. The van der Waals surface area contributed by atoms with Crippen molar-refractivity contribution < 1.29 is 9.59 Å². The Morgan fingerprint density at radius 3 is 2.71 bits per heavy atom. The summed E-state index contributed by atoms with van der Waals surface area (Å²) in [6.45, 7) is 1.79. The highest BCUT2D eigenvalue weighted by Crippen LogP contribution is 2.40. The number of carbonyl (C=O) groups is 2. The van der Waals surface area contributed by atoms with E-state index in [1.165, 1.54) is 23.1 Å². The molecule has 0 saturated heterocycles. The van der Waals surface area contributed by atoms with Gasteiger partial charge in [0.2, 0.25) is 11.1 Å². The number of amides is 2. The lowest BCUT2D eigenvalue weighted by Gasteiger charge is -2.09. The molecule has 1 aliphatic carbocycles. The number of hydrogen-bond donors (Lipinski definition) is 2. The molecule has 1 aromatic carbocycles. The summed E-state index contributed by atoms with van der Waals surface area (Å²) >= 11 is 2.56. The number of carbonyl (C=O) groups excluding carboxylic acids is 2. The Kier molecular flexibility index (Phi) is 5.19. The van der Waals surface area contributed by atoms with Crippen molar-refractivity contribution in [2.45, 2.75) is 36.1 Å². The number of nitrogens with zero attached hydrogens (tertiary/aromatic N) is 3. The van der Waals surface area contributed by atoms with Crippen molar-refractivity contribution in [3.8, 4) is 5.69 Å². The van der Waals surface area contributed by atoms with Crippen LogP contribution in [0.1, 0.15) is 41.9 Å². The van der Waals surface area contributed by atoms with E-state index < -0.39 is 11.2 Å². The fourth-order valence-electron chi connectivity index (χ4n) is 2.74. The van der Waals surface area contributed by atoms with Crippen molar-refractivity contribution in [1.29, 1.82) is 0 Å². The maximum Gasteiger partial charge on any atom is 0.251 e. The lowest BCUT2D eigenvalue weighted by Crippen LogP contribution is -2.23. The average molecular weight is 414 g/mol. The van der Waals surface area contributed by atoms with E-state index in [9.17, 15) is 9.59 Å². The largest absolute Gasteiger partial charge is 0.366 e. The second-order valence-corrected chi connectivity index (χ2v) is 8.78. The zero-order valence-electron chi connectivity index (χ0n) is 15.2. The Balaban J connectivity index is 1.50. The Morgan fingerprint density at radius 1 is 1.29 bits per heavy atom. The van der Waals surface area contributed by atoms with Gasteiger partial charge in [0, 0.05) is 5.92 Å². The van der Waals surface area contributed by atoms with Gasteiger partial charge in [0.05, 0.1) is 16.5 Å². The zero-order valence-corrected chi connectivity index (χ0v) is 16.8. The summed E-state index contributed by atoms with van der Waals surface area (Å²) in [5.41, 5.74) is 6.61. The van der Waals surface area contributed by atoms with Crippen LogP contribution in [0.4, 0.5) is 5.00 Å². The summed E-state index contributed by atoms with van der Waals surface area (Å²) in [4.78, 5) is 28.7. The minimum Gasteiger partial charge on any atom is -0.366 e. The SMILES string of the molecule is CC(Sc1nc(C2CC2)n(-c2ccccc2)n1)C(=O)Nc1sccc1C(N)=O. The number of para-hydroxylation sites is 1. The van der Waals surface area contributed by atoms with Gasteiger partial charge in [0.25, 0.3) is 5.91 Å². The predicted molar refractivity (Wildman–Crippen MR) is 110 cm³/mol. The molecule has 2 amide bonds. The van der Waals surface area contributed by atoms with Crippen LogP contribution in [-0.2, 0) is 4.79 Å². The highest BCUT2D eigenvalue weighted by atomic mass is 32.2. The Labute approximate surface area is 170 Å². The molecule has 1 atom stereocenters. The molecule has 0 radical (unpaired) electrons. The van der Waals surface area contributed by atoms with Crippen LogP contribution in [0.25, 0.3) is 5.69 Å². The molecular formula is C19H19N5O2S2. The maximum absolute atomic E-state index is 12.6. The van der Waals surface area contributed by atoms with Crippen molar-refractivity contribution in [2.75, 3.05) is 5.32 Å². The van der Waals surface area contributed by atoms with Crippen LogP contribution >= 0.6 is 23.1 Å². The standard InChI is InChI=1S/C19H19N5O2S2/c1-11(17(26)22-18-14(15(20)25)9-10-27-18)28-19-21-16(12-7-8-12)24(23-19)13-5-3-2-4-6-13/h2-6,9-12H,7-8H2,1H3,(H2,20,25)(H,22,26). The first-order valence-electron chi connectivity index (χ1n) is 8.90. The molecule has 3 aromatic rings. The molecule has 3 N–H and O–H groups in total. The van der Waals surface area contributed by atoms with Crippen LogP contribution in [-0.4, -0.2) is 31.8 Å². The van der Waals surface area contributed by atoms with Crippen LogP contribution in [0.5, 0.6) is 0 Å². The van der Waals surface area contributed by atoms with Crippen LogP contribution in [0, 0.1) is 0 Å². The van der Waals surface area contributed by atoms with E-state index in [1.807, 2.05) is 35.0 Å². The number of anilines is 1. The summed E-state index contributed by atoms with van der Waals surface area (Å²) in [6, 6.07) is 11.5. The van der Waals surface area contributed by atoms with E-state index in [-0.39, 0.29) is 5.91 Å². The number of thioether (sulfide) groups is 1. The number of benzene rings is 1. The fraction of sp³-hybridized carbons (Fsp3) is 0.263. The summed E-state index contributed by atoms with van der Waals surface area (Å²) in [6.07, 6.45) is 2.22. The van der Waals surface area contributed by atoms with Gasteiger partial charge < -0.3 is 11.1 Å². The smallest absolute Gasteiger partial charge is 0.251 e. The Bertz CT molecular complexity index is 1010. The quantitative estimate of drug-likeness (QED) is 0.578. The monoisotopic (exact) mass is 413 g/mol. The number of rotatable bonds is 7. The van der Waals surface area contributed by atoms with Gasteiger partial charge in [-0.2, -0.15) is 0 Å². The molecule has 0 bridgehead atoms. The molecule has 2 aromatic heterocycles. The minimum absolute atomic E-state index is 0.223. The third-order valence-corrected chi connectivity index (χ3v) is 6.16. The van der Waals surface area contributed by atoms with E-state index in [2.05, 4.69) is 15.4 Å². The van der Waals surface area contributed by atoms with Crippen LogP contribution in [0.2, 0.25) is 0 Å². The topological polar surface area (TPSA) is 103 Å². The zero-order chi connectivity index (χ0) is 19.7. The second-order valence-electron chi connectivity index (χ2n) is 6.55. The van der Waals surface area contributed by atoms with Gasteiger partial charge >= 0.3 is 0 Å². The van der Waals surface area contributed by atoms with Gasteiger partial charge in [-0.05, 0) is 43.3 Å². The first-order chi connectivity index (χ1) is 13.5. The lowest BCUT2D eigenvalue weighted by atomic mass is 10.3. The maximum atomic E-state index is 12.6. The number of nitrogens with one attached hydrogen (secondary N) is 1. The van der Waals surface area contributed by atoms with Crippen molar-refractivity contribution in [3.05, 3.63) is 53.2 Å². The van der Waals surface area contributed by atoms with Crippen molar-refractivity contribution in [2.24, 2.45) is 5.73 Å². The third kappa shape index (κ3) is 3.95. The Morgan fingerprint density at radius 2 is 2.04 bits per heavy atom. The highest BCUT2D eigenvalue weighted by Gasteiger charge is 2.31.